The third kappa shape index (κ3) is 4.63. The SMILES string of the molecule is c1ccc(-c2nc3c(ccc4oc5ccc6cc(-c7nc(-c8ccc9ccccc9c8)nc(-c8cccc9c8oc8ccccc89)n7)ccc6c5c43)o2)cc1. The molecule has 12 aromatic rings. The fourth-order valence-electron chi connectivity index (χ4n) is 7.92. The smallest absolute Gasteiger partial charge is 0.227 e. The summed E-state index contributed by atoms with van der Waals surface area (Å²) in [6, 6.07) is 53.1. The van der Waals surface area contributed by atoms with E-state index in [1.54, 1.807) is 0 Å². The van der Waals surface area contributed by atoms with E-state index < -0.39 is 0 Å². The Morgan fingerprint density at radius 2 is 1.02 bits per heavy atom. The Bertz CT molecular complexity index is 3510. The van der Waals surface area contributed by atoms with Gasteiger partial charge in [-0.15, -0.1) is 0 Å². The second kappa shape index (κ2) is 11.4. The molecule has 0 bridgehead atoms. The highest BCUT2D eigenvalue weighted by Crippen LogP contribution is 2.41. The summed E-state index contributed by atoms with van der Waals surface area (Å²) in [5, 5.41) is 8.30. The minimum absolute atomic E-state index is 0.539. The number of furan rings is 2. The van der Waals surface area contributed by atoms with E-state index in [1.165, 1.54) is 0 Å². The number of fused-ring (bicyclic) bond motifs is 11. The highest BCUT2D eigenvalue weighted by atomic mass is 16.4. The lowest BCUT2D eigenvalue weighted by Crippen LogP contribution is -2.00. The summed E-state index contributed by atoms with van der Waals surface area (Å²) < 4.78 is 19.1. The number of rotatable bonds is 4. The topological polar surface area (TPSA) is 91.0 Å². The lowest BCUT2D eigenvalue weighted by atomic mass is 10.0. The minimum atomic E-state index is 0.539. The van der Waals surface area contributed by atoms with Crippen molar-refractivity contribution in [3.8, 4) is 45.6 Å². The van der Waals surface area contributed by atoms with Crippen LogP contribution >= 0.6 is 0 Å². The van der Waals surface area contributed by atoms with Gasteiger partial charge < -0.3 is 13.3 Å². The zero-order valence-corrected chi connectivity index (χ0v) is 29.0. The number of hydrogen-bond acceptors (Lipinski definition) is 7. The van der Waals surface area contributed by atoms with Crippen LogP contribution in [-0.2, 0) is 0 Å². The Hall–Kier alpha value is -7.64. The fourth-order valence-corrected chi connectivity index (χ4v) is 7.92. The Labute approximate surface area is 312 Å². The van der Waals surface area contributed by atoms with E-state index in [-0.39, 0.29) is 0 Å². The molecule has 4 heterocycles. The van der Waals surface area contributed by atoms with Crippen LogP contribution in [0.25, 0.3) is 122 Å². The number of nitrogens with zero attached hydrogens (tertiary/aromatic N) is 4. The Kier molecular flexibility index (Phi) is 6.21. The molecule has 12 rings (SSSR count). The maximum absolute atomic E-state index is 6.45. The number of para-hydroxylation sites is 2. The maximum Gasteiger partial charge on any atom is 0.227 e. The average Bonchev–Trinajstić information content (AvgIpc) is 3.97. The molecule has 0 spiro atoms. The van der Waals surface area contributed by atoms with Gasteiger partial charge in [0.2, 0.25) is 5.89 Å². The van der Waals surface area contributed by atoms with E-state index >= 15 is 0 Å². The molecule has 0 unspecified atom stereocenters. The van der Waals surface area contributed by atoms with Crippen LogP contribution in [0.3, 0.4) is 0 Å². The fraction of sp³-hybridized carbons (Fsp3) is 0. The van der Waals surface area contributed by atoms with E-state index in [0.717, 1.165) is 93.2 Å². The summed E-state index contributed by atoms with van der Waals surface area (Å²) in [5.41, 5.74) is 8.08. The van der Waals surface area contributed by atoms with Crippen LogP contribution in [0.1, 0.15) is 0 Å². The van der Waals surface area contributed by atoms with Crippen LogP contribution in [0, 0.1) is 0 Å². The van der Waals surface area contributed by atoms with Gasteiger partial charge in [0.1, 0.15) is 27.8 Å². The van der Waals surface area contributed by atoms with Crippen molar-refractivity contribution in [2.24, 2.45) is 0 Å². The zero-order chi connectivity index (χ0) is 36.0. The summed E-state index contributed by atoms with van der Waals surface area (Å²) >= 11 is 0. The molecule has 0 atom stereocenters. The molecule has 0 saturated carbocycles. The molecular formula is C48H26N4O3. The van der Waals surface area contributed by atoms with Gasteiger partial charge in [-0.25, -0.2) is 19.9 Å². The normalized spacial score (nSPS) is 12.0. The van der Waals surface area contributed by atoms with Crippen molar-refractivity contribution in [1.29, 1.82) is 0 Å². The molecule has 0 aliphatic heterocycles. The molecule has 256 valence electrons. The molecule has 0 aliphatic carbocycles. The van der Waals surface area contributed by atoms with Crippen molar-refractivity contribution in [3.63, 3.8) is 0 Å². The number of aromatic nitrogens is 4. The quantitative estimate of drug-likeness (QED) is 0.180. The predicted octanol–water partition coefficient (Wildman–Crippen LogP) is 12.8. The summed E-state index contributed by atoms with van der Waals surface area (Å²) in [5.74, 6) is 2.26. The van der Waals surface area contributed by atoms with Gasteiger partial charge in [0, 0.05) is 32.8 Å². The zero-order valence-electron chi connectivity index (χ0n) is 29.0. The van der Waals surface area contributed by atoms with Crippen molar-refractivity contribution in [1.82, 2.24) is 19.9 Å². The van der Waals surface area contributed by atoms with Gasteiger partial charge in [-0.3, -0.25) is 0 Å². The van der Waals surface area contributed by atoms with Crippen molar-refractivity contribution in [2.45, 2.75) is 0 Å². The molecule has 0 N–H and O–H groups in total. The summed E-state index contributed by atoms with van der Waals surface area (Å²) in [7, 11) is 0. The lowest BCUT2D eigenvalue weighted by molar-refractivity contribution is 0.619. The Balaban J connectivity index is 1.07. The molecule has 0 saturated heterocycles. The standard InChI is InChI=1S/C48H26N4O3/c1-2-10-28(11-3-1)48-49-43-40(55-48)24-23-39-42(43)41-33-21-19-32(26-30(33)20-22-38(41)53-39)46-50-45(31-18-17-27-9-4-5-12-29(27)25-31)51-47(52-46)36-15-8-14-35-34-13-6-7-16-37(34)54-44(35)36/h1-26H. The van der Waals surface area contributed by atoms with Crippen LogP contribution in [0.5, 0.6) is 0 Å². The summed E-state index contributed by atoms with van der Waals surface area (Å²) in [4.78, 5) is 20.3. The first-order valence-electron chi connectivity index (χ1n) is 18.1. The molecule has 0 amide bonds. The largest absolute Gasteiger partial charge is 0.456 e. The molecule has 0 fully saturated rings. The minimum Gasteiger partial charge on any atom is -0.456 e. The van der Waals surface area contributed by atoms with E-state index in [2.05, 4.69) is 66.7 Å². The maximum atomic E-state index is 6.45. The van der Waals surface area contributed by atoms with E-state index in [9.17, 15) is 0 Å². The van der Waals surface area contributed by atoms with Crippen LogP contribution < -0.4 is 0 Å². The first-order valence-corrected chi connectivity index (χ1v) is 18.1. The van der Waals surface area contributed by atoms with Crippen molar-refractivity contribution >= 4 is 76.5 Å². The second-order valence-corrected chi connectivity index (χ2v) is 13.8. The van der Waals surface area contributed by atoms with Crippen molar-refractivity contribution in [2.75, 3.05) is 0 Å². The van der Waals surface area contributed by atoms with Crippen LogP contribution in [0.4, 0.5) is 0 Å². The molecule has 55 heavy (non-hydrogen) atoms. The van der Waals surface area contributed by atoms with Crippen LogP contribution in [-0.4, -0.2) is 19.9 Å². The van der Waals surface area contributed by atoms with Gasteiger partial charge in [-0.2, -0.15) is 0 Å². The van der Waals surface area contributed by atoms with Gasteiger partial charge in [0.25, 0.3) is 0 Å². The monoisotopic (exact) mass is 706 g/mol. The lowest BCUT2D eigenvalue weighted by Gasteiger charge is -2.10. The summed E-state index contributed by atoms with van der Waals surface area (Å²) in [6.45, 7) is 0. The van der Waals surface area contributed by atoms with Gasteiger partial charge in [0.15, 0.2) is 23.1 Å². The van der Waals surface area contributed by atoms with Gasteiger partial charge in [-0.05, 0) is 76.1 Å². The molecule has 8 aromatic carbocycles. The van der Waals surface area contributed by atoms with E-state index in [4.69, 9.17) is 33.2 Å². The highest BCUT2D eigenvalue weighted by molar-refractivity contribution is 6.25. The Morgan fingerprint density at radius 1 is 0.345 bits per heavy atom. The van der Waals surface area contributed by atoms with Crippen molar-refractivity contribution in [3.05, 3.63) is 158 Å². The average molecular weight is 707 g/mol. The number of benzene rings is 8. The number of oxazole rings is 1. The van der Waals surface area contributed by atoms with Crippen molar-refractivity contribution < 1.29 is 13.3 Å². The molecule has 4 aromatic heterocycles. The molecule has 0 radical (unpaired) electrons. The number of hydrogen-bond donors (Lipinski definition) is 0. The predicted molar refractivity (Wildman–Crippen MR) is 219 cm³/mol. The molecule has 7 heteroatoms. The molecule has 7 nitrogen and oxygen atoms in total. The van der Waals surface area contributed by atoms with E-state index in [0.29, 0.717) is 28.9 Å². The second-order valence-electron chi connectivity index (χ2n) is 13.8. The molecule has 0 aliphatic rings. The van der Waals surface area contributed by atoms with Gasteiger partial charge in [-0.1, -0.05) is 103 Å². The van der Waals surface area contributed by atoms with Crippen LogP contribution in [0.15, 0.2) is 171 Å². The molecular weight excluding hydrogens is 681 g/mol. The van der Waals surface area contributed by atoms with Gasteiger partial charge >= 0.3 is 0 Å². The Morgan fingerprint density at radius 3 is 1.91 bits per heavy atom. The summed E-state index contributed by atoms with van der Waals surface area (Å²) in [6.07, 6.45) is 0. The highest BCUT2D eigenvalue weighted by Gasteiger charge is 2.21. The van der Waals surface area contributed by atoms with Gasteiger partial charge in [0.05, 0.1) is 10.9 Å². The van der Waals surface area contributed by atoms with E-state index in [1.807, 2.05) is 91.0 Å². The first-order chi connectivity index (χ1) is 27.2. The first kappa shape index (κ1) is 29.9. The third-order valence-electron chi connectivity index (χ3n) is 10.5. The third-order valence-corrected chi connectivity index (χ3v) is 10.5. The van der Waals surface area contributed by atoms with Crippen LogP contribution in [0.2, 0.25) is 0 Å².